The van der Waals surface area contributed by atoms with Crippen LogP contribution in [0.5, 0.6) is 0 Å². The van der Waals surface area contributed by atoms with Gasteiger partial charge < -0.3 is 15.0 Å². The van der Waals surface area contributed by atoms with Crippen molar-refractivity contribution in [2.45, 2.75) is 44.6 Å². The summed E-state index contributed by atoms with van der Waals surface area (Å²) in [4.78, 5) is 11.1. The molecule has 3 aliphatic rings. The van der Waals surface area contributed by atoms with Crippen LogP contribution in [0.1, 0.15) is 49.4 Å². The zero-order valence-electron chi connectivity index (χ0n) is 17.1. The maximum absolute atomic E-state index is 5.57. The molecule has 0 amide bonds. The highest BCUT2D eigenvalue weighted by Crippen LogP contribution is 2.43. The number of thiophene rings is 1. The lowest BCUT2D eigenvalue weighted by Gasteiger charge is -2.36. The number of hydrogen-bond donors (Lipinski definition) is 1. The number of hydrogen-bond acceptors (Lipinski definition) is 4. The number of rotatable bonds is 4. The third kappa shape index (κ3) is 5.21. The third-order valence-corrected chi connectivity index (χ3v) is 7.65. The standard InChI is InChI=1S/C21H34N4OS.HI/c1-22-20(25-10-9-21(17-25)7-3-2-4-8-21)23-16-18(19-6-5-15-27-19)24-11-13-26-14-12-24;/h5-6,15,18H,2-4,7-14,16-17H2,1H3,(H,22,23);1H. The highest BCUT2D eigenvalue weighted by molar-refractivity contribution is 14.0. The normalized spacial score (nSPS) is 24.2. The Kier molecular flexibility index (Phi) is 8.44. The molecular weight excluding hydrogens is 483 g/mol. The van der Waals surface area contributed by atoms with Gasteiger partial charge in [-0.25, -0.2) is 0 Å². The fourth-order valence-corrected chi connectivity index (χ4v) is 5.99. The van der Waals surface area contributed by atoms with Gasteiger partial charge in [-0.15, -0.1) is 35.3 Å². The molecule has 3 fully saturated rings. The van der Waals surface area contributed by atoms with Gasteiger partial charge in [0.05, 0.1) is 19.3 Å². The van der Waals surface area contributed by atoms with E-state index < -0.39 is 0 Å². The van der Waals surface area contributed by atoms with Gasteiger partial charge in [-0.2, -0.15) is 0 Å². The lowest BCUT2D eigenvalue weighted by Crippen LogP contribution is -2.47. The van der Waals surface area contributed by atoms with Crippen LogP contribution < -0.4 is 5.32 Å². The average Bonchev–Trinajstić information content (AvgIpc) is 3.38. The molecule has 1 aromatic heterocycles. The fourth-order valence-electron chi connectivity index (χ4n) is 5.13. The Bertz CT molecular complexity index is 612. The van der Waals surface area contributed by atoms with Crippen LogP contribution in [0.3, 0.4) is 0 Å². The molecule has 0 aromatic carbocycles. The van der Waals surface area contributed by atoms with Crippen molar-refractivity contribution in [2.24, 2.45) is 10.4 Å². The van der Waals surface area contributed by atoms with Crippen LogP contribution >= 0.6 is 35.3 Å². The van der Waals surface area contributed by atoms with E-state index in [9.17, 15) is 0 Å². The molecule has 1 saturated carbocycles. The number of likely N-dealkylation sites (tertiary alicyclic amines) is 1. The summed E-state index contributed by atoms with van der Waals surface area (Å²) in [5, 5.41) is 5.90. The second-order valence-corrected chi connectivity index (χ2v) is 9.32. The molecule has 2 aliphatic heterocycles. The van der Waals surface area contributed by atoms with E-state index >= 15 is 0 Å². The summed E-state index contributed by atoms with van der Waals surface area (Å²) >= 11 is 1.86. The number of aliphatic imine (C=N–C) groups is 1. The Morgan fingerprint density at radius 1 is 1.21 bits per heavy atom. The van der Waals surface area contributed by atoms with Gasteiger partial charge in [0, 0.05) is 44.6 Å². The van der Waals surface area contributed by atoms with E-state index in [-0.39, 0.29) is 24.0 Å². The van der Waals surface area contributed by atoms with Crippen LogP contribution in [0.15, 0.2) is 22.5 Å². The van der Waals surface area contributed by atoms with E-state index in [1.807, 2.05) is 18.4 Å². The maximum Gasteiger partial charge on any atom is 0.193 e. The first-order valence-corrected chi connectivity index (χ1v) is 11.5. The Balaban J connectivity index is 0.00000225. The molecule has 1 aliphatic carbocycles. The summed E-state index contributed by atoms with van der Waals surface area (Å²) in [5.74, 6) is 1.09. The topological polar surface area (TPSA) is 40.1 Å². The molecule has 1 aromatic rings. The van der Waals surface area contributed by atoms with E-state index in [4.69, 9.17) is 4.74 Å². The number of guanidine groups is 1. The Morgan fingerprint density at radius 2 is 2.00 bits per heavy atom. The molecule has 4 rings (SSSR count). The molecule has 2 saturated heterocycles. The molecule has 0 bridgehead atoms. The molecule has 5 nitrogen and oxygen atoms in total. The first-order chi connectivity index (χ1) is 13.3. The average molecular weight is 519 g/mol. The van der Waals surface area contributed by atoms with Crippen molar-refractivity contribution in [2.75, 3.05) is 53.0 Å². The van der Waals surface area contributed by atoms with E-state index in [1.54, 1.807) is 0 Å². The van der Waals surface area contributed by atoms with Gasteiger partial charge in [-0.1, -0.05) is 25.3 Å². The lowest BCUT2D eigenvalue weighted by atomic mass is 9.73. The van der Waals surface area contributed by atoms with Crippen LogP contribution in [0.25, 0.3) is 0 Å². The number of morpholine rings is 1. The zero-order valence-corrected chi connectivity index (χ0v) is 20.2. The van der Waals surface area contributed by atoms with Crippen LogP contribution in [0.4, 0.5) is 0 Å². The van der Waals surface area contributed by atoms with Crippen molar-refractivity contribution in [1.82, 2.24) is 15.1 Å². The van der Waals surface area contributed by atoms with Gasteiger partial charge in [0.15, 0.2) is 5.96 Å². The lowest BCUT2D eigenvalue weighted by molar-refractivity contribution is 0.0176. The molecule has 158 valence electrons. The molecule has 7 heteroatoms. The SMILES string of the molecule is CN=C(NCC(c1cccs1)N1CCOCC1)N1CCC2(CCCCC2)C1.I. The highest BCUT2D eigenvalue weighted by Gasteiger charge is 2.40. The van der Waals surface area contributed by atoms with Crippen LogP contribution in [0.2, 0.25) is 0 Å². The summed E-state index contributed by atoms with van der Waals surface area (Å²) in [5.41, 5.74) is 0.563. The van der Waals surface area contributed by atoms with E-state index in [2.05, 4.69) is 37.6 Å². The van der Waals surface area contributed by atoms with Gasteiger partial charge in [-0.05, 0) is 36.1 Å². The van der Waals surface area contributed by atoms with E-state index in [0.29, 0.717) is 11.5 Å². The molecule has 28 heavy (non-hydrogen) atoms. The minimum atomic E-state index is 0. The van der Waals surface area contributed by atoms with Crippen LogP contribution in [0, 0.1) is 5.41 Å². The molecule has 0 radical (unpaired) electrons. The second kappa shape index (κ2) is 10.6. The Labute approximate surface area is 190 Å². The molecular formula is C21H35IN4OS. The minimum absolute atomic E-state index is 0. The first-order valence-electron chi connectivity index (χ1n) is 10.6. The summed E-state index contributed by atoms with van der Waals surface area (Å²) in [7, 11) is 1.93. The number of halogens is 1. The minimum Gasteiger partial charge on any atom is -0.379 e. The van der Waals surface area contributed by atoms with Gasteiger partial charge in [0.2, 0.25) is 0 Å². The smallest absolute Gasteiger partial charge is 0.193 e. The maximum atomic E-state index is 5.57. The summed E-state index contributed by atoms with van der Waals surface area (Å²) in [6, 6.07) is 4.83. The summed E-state index contributed by atoms with van der Waals surface area (Å²) < 4.78 is 5.57. The van der Waals surface area contributed by atoms with Crippen molar-refractivity contribution < 1.29 is 4.74 Å². The van der Waals surface area contributed by atoms with Crippen LogP contribution in [-0.2, 0) is 4.74 Å². The Morgan fingerprint density at radius 3 is 2.68 bits per heavy atom. The number of nitrogens with one attached hydrogen (secondary N) is 1. The fraction of sp³-hybridized carbons (Fsp3) is 0.762. The molecule has 1 N–H and O–H groups in total. The van der Waals surface area contributed by atoms with Gasteiger partial charge in [0.1, 0.15) is 0 Å². The predicted molar refractivity (Wildman–Crippen MR) is 128 cm³/mol. The van der Waals surface area contributed by atoms with Crippen molar-refractivity contribution in [3.8, 4) is 0 Å². The molecule has 1 atom stereocenters. The summed E-state index contributed by atoms with van der Waals surface area (Å²) in [6.07, 6.45) is 8.41. The van der Waals surface area contributed by atoms with Gasteiger partial charge in [0.25, 0.3) is 0 Å². The monoisotopic (exact) mass is 518 g/mol. The van der Waals surface area contributed by atoms with Crippen molar-refractivity contribution >= 4 is 41.3 Å². The van der Waals surface area contributed by atoms with Crippen molar-refractivity contribution in [1.29, 1.82) is 0 Å². The van der Waals surface area contributed by atoms with E-state index in [1.165, 1.54) is 49.9 Å². The van der Waals surface area contributed by atoms with Crippen molar-refractivity contribution in [3.63, 3.8) is 0 Å². The van der Waals surface area contributed by atoms with E-state index in [0.717, 1.165) is 45.4 Å². The molecule has 1 unspecified atom stereocenters. The van der Waals surface area contributed by atoms with Gasteiger partial charge in [-0.3, -0.25) is 9.89 Å². The largest absolute Gasteiger partial charge is 0.379 e. The number of ether oxygens (including phenoxy) is 1. The third-order valence-electron chi connectivity index (χ3n) is 6.68. The number of nitrogens with zero attached hydrogens (tertiary/aromatic N) is 3. The predicted octanol–water partition coefficient (Wildman–Crippen LogP) is 3.97. The Hall–Kier alpha value is -0.380. The second-order valence-electron chi connectivity index (χ2n) is 8.34. The quantitative estimate of drug-likeness (QED) is 0.372. The molecule has 3 heterocycles. The molecule has 1 spiro atoms. The highest BCUT2D eigenvalue weighted by atomic mass is 127. The summed E-state index contributed by atoms with van der Waals surface area (Å²) in [6.45, 7) is 6.95. The van der Waals surface area contributed by atoms with Crippen molar-refractivity contribution in [3.05, 3.63) is 22.4 Å². The van der Waals surface area contributed by atoms with Gasteiger partial charge >= 0.3 is 0 Å². The zero-order chi connectivity index (χ0) is 18.5. The first kappa shape index (κ1) is 22.3. The van der Waals surface area contributed by atoms with Crippen LogP contribution in [-0.4, -0.2) is 68.7 Å².